The van der Waals surface area contributed by atoms with Gasteiger partial charge in [-0.05, 0) is 25.5 Å². The van der Waals surface area contributed by atoms with Crippen LogP contribution in [0.2, 0.25) is 0 Å². The highest BCUT2D eigenvalue weighted by Crippen LogP contribution is 2.15. The first kappa shape index (κ1) is 13.2. The van der Waals surface area contributed by atoms with Crippen LogP contribution in [0.4, 0.5) is 5.82 Å². The monoisotopic (exact) mass is 274 g/mol. The van der Waals surface area contributed by atoms with Gasteiger partial charge in [0.15, 0.2) is 0 Å². The summed E-state index contributed by atoms with van der Waals surface area (Å²) < 4.78 is 0. The van der Waals surface area contributed by atoms with Gasteiger partial charge in [-0.2, -0.15) is 5.10 Å². The molecule has 0 aliphatic rings. The smallest absolute Gasteiger partial charge is 0.257 e. The van der Waals surface area contributed by atoms with Crippen molar-refractivity contribution < 1.29 is 4.79 Å². The summed E-state index contributed by atoms with van der Waals surface area (Å²) in [7, 11) is 0. The van der Waals surface area contributed by atoms with Crippen LogP contribution in [0.15, 0.2) is 24.4 Å². The zero-order valence-corrected chi connectivity index (χ0v) is 11.5. The fraction of sp³-hybridized carbons (Fsp3) is 0.154. The minimum absolute atomic E-state index is 0.185. The number of carbonyl (C=O) groups excluding carboxylic acids is 1. The fourth-order valence-corrected chi connectivity index (χ4v) is 1.97. The summed E-state index contributed by atoms with van der Waals surface area (Å²) >= 11 is 4.88. The van der Waals surface area contributed by atoms with Crippen molar-refractivity contribution in [1.29, 1.82) is 0 Å². The number of hydrogen-bond donors (Lipinski definition) is 3. The molecule has 0 saturated carbocycles. The van der Waals surface area contributed by atoms with Crippen LogP contribution in [0.3, 0.4) is 0 Å². The molecule has 19 heavy (non-hydrogen) atoms. The van der Waals surface area contributed by atoms with Gasteiger partial charge in [0.25, 0.3) is 5.91 Å². The first-order valence-electron chi connectivity index (χ1n) is 5.71. The van der Waals surface area contributed by atoms with Gasteiger partial charge in [0, 0.05) is 5.56 Å². The lowest BCUT2D eigenvalue weighted by Crippen LogP contribution is -2.17. The molecule has 0 spiro atoms. The number of H-pyrrole nitrogens is 1. The molecule has 2 aromatic rings. The number of anilines is 1. The van der Waals surface area contributed by atoms with Crippen molar-refractivity contribution in [3.63, 3.8) is 0 Å². The van der Waals surface area contributed by atoms with Crippen LogP contribution in [0, 0.1) is 13.8 Å². The topological polar surface area (TPSA) is 83.8 Å². The molecular weight excluding hydrogens is 260 g/mol. The number of carbonyl (C=O) groups is 1. The molecule has 6 heteroatoms. The van der Waals surface area contributed by atoms with Gasteiger partial charge in [0.2, 0.25) is 0 Å². The Bertz CT molecular complexity index is 648. The molecule has 1 aromatic heterocycles. The molecule has 0 unspecified atom stereocenters. The number of aromatic amines is 1. The number of amides is 1. The molecule has 5 nitrogen and oxygen atoms in total. The molecule has 1 heterocycles. The van der Waals surface area contributed by atoms with Crippen LogP contribution in [0.1, 0.15) is 27.0 Å². The zero-order valence-electron chi connectivity index (χ0n) is 10.7. The first-order chi connectivity index (χ1) is 8.99. The van der Waals surface area contributed by atoms with E-state index in [1.807, 2.05) is 26.0 Å². The Labute approximate surface area is 116 Å². The molecule has 2 rings (SSSR count). The summed E-state index contributed by atoms with van der Waals surface area (Å²) in [5.41, 5.74) is 8.69. The number of nitrogens with two attached hydrogens (primary N) is 1. The Hall–Kier alpha value is -2.21. The van der Waals surface area contributed by atoms with E-state index in [2.05, 4.69) is 15.5 Å². The van der Waals surface area contributed by atoms with Crippen molar-refractivity contribution in [2.24, 2.45) is 5.73 Å². The Morgan fingerprint density at radius 1 is 1.37 bits per heavy atom. The summed E-state index contributed by atoms with van der Waals surface area (Å²) in [5, 5.41) is 9.21. The van der Waals surface area contributed by atoms with E-state index < -0.39 is 0 Å². The van der Waals surface area contributed by atoms with Crippen molar-refractivity contribution in [3.8, 4) is 0 Å². The van der Waals surface area contributed by atoms with Crippen molar-refractivity contribution >= 4 is 28.9 Å². The SMILES string of the molecule is Cc1ccc(C(=O)Nc2[nH]ncc2C(N)=S)c(C)c1. The van der Waals surface area contributed by atoms with Crippen molar-refractivity contribution in [2.75, 3.05) is 5.32 Å². The number of aromatic nitrogens is 2. The lowest BCUT2D eigenvalue weighted by Gasteiger charge is -2.08. The third-order valence-corrected chi connectivity index (χ3v) is 2.99. The summed E-state index contributed by atoms with van der Waals surface area (Å²) in [5.74, 6) is 0.191. The fourth-order valence-electron chi connectivity index (χ4n) is 1.82. The Kier molecular flexibility index (Phi) is 3.62. The molecule has 0 atom stereocenters. The third kappa shape index (κ3) is 2.79. The maximum absolute atomic E-state index is 12.2. The second-order valence-corrected chi connectivity index (χ2v) is 4.74. The standard InChI is InChI=1S/C13H14N4OS/c1-7-3-4-9(8(2)5-7)13(18)16-12-10(11(14)19)6-15-17-12/h3-6H,1-2H3,(H2,14,19)(H2,15,16,17,18). The molecule has 0 saturated heterocycles. The van der Waals surface area contributed by atoms with Gasteiger partial charge in [0.05, 0.1) is 11.8 Å². The molecule has 4 N–H and O–H groups in total. The highest BCUT2D eigenvalue weighted by atomic mass is 32.1. The minimum Gasteiger partial charge on any atom is -0.389 e. The van der Waals surface area contributed by atoms with Crippen molar-refractivity contribution in [1.82, 2.24) is 10.2 Å². The maximum Gasteiger partial charge on any atom is 0.257 e. The van der Waals surface area contributed by atoms with Gasteiger partial charge in [-0.25, -0.2) is 0 Å². The molecule has 98 valence electrons. The maximum atomic E-state index is 12.2. The van der Waals surface area contributed by atoms with E-state index >= 15 is 0 Å². The largest absolute Gasteiger partial charge is 0.389 e. The van der Waals surface area contributed by atoms with E-state index in [9.17, 15) is 4.79 Å². The van der Waals surface area contributed by atoms with Crippen LogP contribution < -0.4 is 11.1 Å². The highest BCUT2D eigenvalue weighted by molar-refractivity contribution is 7.80. The van der Waals surface area contributed by atoms with Gasteiger partial charge >= 0.3 is 0 Å². The average Bonchev–Trinajstić information content (AvgIpc) is 2.76. The molecule has 0 radical (unpaired) electrons. The van der Waals surface area contributed by atoms with Crippen molar-refractivity contribution in [3.05, 3.63) is 46.6 Å². The van der Waals surface area contributed by atoms with Gasteiger partial charge in [-0.3, -0.25) is 9.89 Å². The first-order valence-corrected chi connectivity index (χ1v) is 6.11. The van der Waals surface area contributed by atoms with Gasteiger partial charge < -0.3 is 11.1 Å². The number of hydrogen-bond acceptors (Lipinski definition) is 3. The molecular formula is C13H14N4OS. The number of rotatable bonds is 3. The Morgan fingerprint density at radius 3 is 2.74 bits per heavy atom. The lowest BCUT2D eigenvalue weighted by molar-refractivity contribution is 0.102. The van der Waals surface area contributed by atoms with E-state index in [1.54, 1.807) is 6.07 Å². The molecule has 0 aliphatic heterocycles. The van der Waals surface area contributed by atoms with E-state index in [-0.39, 0.29) is 10.9 Å². The Balaban J connectivity index is 2.26. The number of nitrogens with one attached hydrogen (secondary N) is 2. The highest BCUT2D eigenvalue weighted by Gasteiger charge is 2.14. The summed E-state index contributed by atoms with van der Waals surface area (Å²) in [6.45, 7) is 3.87. The average molecular weight is 274 g/mol. The molecule has 0 bridgehead atoms. The van der Waals surface area contributed by atoms with E-state index in [0.29, 0.717) is 16.9 Å². The van der Waals surface area contributed by atoms with E-state index in [0.717, 1.165) is 11.1 Å². The number of nitrogens with zero attached hydrogens (tertiary/aromatic N) is 1. The van der Waals surface area contributed by atoms with Crippen molar-refractivity contribution in [2.45, 2.75) is 13.8 Å². The molecule has 1 amide bonds. The second-order valence-electron chi connectivity index (χ2n) is 4.30. The number of thiocarbonyl (C=S) groups is 1. The predicted molar refractivity (Wildman–Crippen MR) is 78.3 cm³/mol. The van der Waals surface area contributed by atoms with Gasteiger partial charge in [0.1, 0.15) is 10.8 Å². The Morgan fingerprint density at radius 2 is 2.11 bits per heavy atom. The molecule has 0 fully saturated rings. The second kappa shape index (κ2) is 5.19. The molecule has 1 aromatic carbocycles. The number of benzene rings is 1. The van der Waals surface area contributed by atoms with Crippen LogP contribution in [0.25, 0.3) is 0 Å². The summed E-state index contributed by atoms with van der Waals surface area (Å²) in [6.07, 6.45) is 1.49. The number of aryl methyl sites for hydroxylation is 2. The summed E-state index contributed by atoms with van der Waals surface area (Å²) in [4.78, 5) is 12.4. The van der Waals surface area contributed by atoms with Gasteiger partial charge in [-0.1, -0.05) is 29.9 Å². The zero-order chi connectivity index (χ0) is 14.0. The quantitative estimate of drug-likeness (QED) is 0.747. The minimum atomic E-state index is -0.223. The van der Waals surface area contributed by atoms with Crippen LogP contribution in [-0.4, -0.2) is 21.1 Å². The van der Waals surface area contributed by atoms with Crippen LogP contribution in [-0.2, 0) is 0 Å². The normalized spacial score (nSPS) is 10.2. The third-order valence-electron chi connectivity index (χ3n) is 2.77. The lowest BCUT2D eigenvalue weighted by atomic mass is 10.1. The van der Waals surface area contributed by atoms with Crippen LogP contribution >= 0.6 is 12.2 Å². The molecule has 0 aliphatic carbocycles. The van der Waals surface area contributed by atoms with E-state index in [1.165, 1.54) is 6.20 Å². The van der Waals surface area contributed by atoms with Crippen LogP contribution in [0.5, 0.6) is 0 Å². The summed E-state index contributed by atoms with van der Waals surface area (Å²) in [6, 6.07) is 5.64. The van der Waals surface area contributed by atoms with E-state index in [4.69, 9.17) is 18.0 Å². The predicted octanol–water partition coefficient (Wildman–Crippen LogP) is 1.91. The van der Waals surface area contributed by atoms with Gasteiger partial charge in [-0.15, -0.1) is 0 Å².